The first-order valence-electron chi connectivity index (χ1n) is 6.03. The lowest BCUT2D eigenvalue weighted by molar-refractivity contribution is -0.383. The highest BCUT2D eigenvalue weighted by Gasteiger charge is 2.28. The molecular formula is C10H15N3O5S2. The predicted molar refractivity (Wildman–Crippen MR) is 74.0 cm³/mol. The summed E-state index contributed by atoms with van der Waals surface area (Å²) in [6, 6.07) is 0.714. The molecule has 0 unspecified atom stereocenters. The first-order valence-corrected chi connectivity index (χ1v) is 8.33. The number of nitrogens with one attached hydrogen (secondary N) is 1. The summed E-state index contributed by atoms with van der Waals surface area (Å²) in [4.78, 5) is 9.97. The number of aliphatic hydroxyl groups excluding tert-OH is 1. The van der Waals surface area contributed by atoms with E-state index in [-0.39, 0.29) is 21.4 Å². The summed E-state index contributed by atoms with van der Waals surface area (Å²) in [5.41, 5.74) is 5.05. The van der Waals surface area contributed by atoms with Crippen molar-refractivity contribution in [1.82, 2.24) is 4.72 Å². The monoisotopic (exact) mass is 321 g/mol. The fourth-order valence-corrected chi connectivity index (χ4v) is 4.65. The number of nitrogen functional groups attached to an aromatic ring is 1. The minimum Gasteiger partial charge on any atom is -0.393 e. The van der Waals surface area contributed by atoms with Gasteiger partial charge in [-0.15, -0.1) is 0 Å². The number of nitrogens with two attached hydrogens (primary N) is 1. The topological polar surface area (TPSA) is 136 Å². The first kappa shape index (κ1) is 15.2. The second kappa shape index (κ2) is 5.64. The van der Waals surface area contributed by atoms with Gasteiger partial charge in [0, 0.05) is 12.1 Å². The van der Waals surface area contributed by atoms with Crippen LogP contribution in [0.2, 0.25) is 0 Å². The second-order valence-corrected chi connectivity index (χ2v) is 7.72. The van der Waals surface area contributed by atoms with Crippen molar-refractivity contribution in [3.05, 3.63) is 16.2 Å². The van der Waals surface area contributed by atoms with Crippen LogP contribution in [0.3, 0.4) is 0 Å². The highest BCUT2D eigenvalue weighted by molar-refractivity contribution is 7.91. The van der Waals surface area contributed by atoms with E-state index in [4.69, 9.17) is 5.73 Å². The summed E-state index contributed by atoms with van der Waals surface area (Å²) in [5.74, 6) is 0. The highest BCUT2D eigenvalue weighted by atomic mass is 32.2. The SMILES string of the molecule is Nc1sc(S(=O)(=O)NC2CCC(O)CC2)cc1[N+](=O)[O-]. The number of hydrogen-bond donors (Lipinski definition) is 3. The minimum atomic E-state index is -3.81. The third kappa shape index (κ3) is 3.26. The highest BCUT2D eigenvalue weighted by Crippen LogP contribution is 2.34. The molecular weight excluding hydrogens is 306 g/mol. The van der Waals surface area contributed by atoms with E-state index in [9.17, 15) is 23.6 Å². The van der Waals surface area contributed by atoms with Gasteiger partial charge >= 0.3 is 5.69 Å². The standard InChI is InChI=1S/C10H15N3O5S2/c11-10-8(13(15)16)5-9(19-10)20(17,18)12-6-1-3-7(14)4-2-6/h5-7,12,14H,1-4,11H2. The van der Waals surface area contributed by atoms with Crippen LogP contribution in [0.4, 0.5) is 10.7 Å². The van der Waals surface area contributed by atoms with Crippen molar-refractivity contribution in [3.63, 3.8) is 0 Å². The molecule has 1 heterocycles. The smallest absolute Gasteiger partial charge is 0.304 e. The molecule has 1 aromatic heterocycles. The molecule has 4 N–H and O–H groups in total. The number of hydrogen-bond acceptors (Lipinski definition) is 7. The number of aliphatic hydroxyl groups is 1. The molecule has 0 aromatic carbocycles. The number of nitrogens with zero attached hydrogens (tertiary/aromatic N) is 1. The Balaban J connectivity index is 2.14. The Labute approximate surface area is 119 Å². The fourth-order valence-electron chi connectivity index (χ4n) is 2.12. The van der Waals surface area contributed by atoms with Crippen LogP contribution in [-0.2, 0) is 10.0 Å². The summed E-state index contributed by atoms with van der Waals surface area (Å²) in [7, 11) is -3.81. The van der Waals surface area contributed by atoms with Crippen molar-refractivity contribution in [2.45, 2.75) is 42.0 Å². The summed E-state index contributed by atoms with van der Waals surface area (Å²) < 4.78 is 26.6. The van der Waals surface area contributed by atoms with Crippen molar-refractivity contribution >= 4 is 32.0 Å². The Kier molecular flexibility index (Phi) is 4.28. The Morgan fingerprint density at radius 1 is 1.40 bits per heavy atom. The third-order valence-corrected chi connectivity index (χ3v) is 6.15. The maximum Gasteiger partial charge on any atom is 0.304 e. The van der Waals surface area contributed by atoms with E-state index in [1.54, 1.807) is 0 Å². The van der Waals surface area contributed by atoms with Crippen LogP contribution in [0.1, 0.15) is 25.7 Å². The third-order valence-electron chi connectivity index (χ3n) is 3.20. The van der Waals surface area contributed by atoms with Crippen molar-refractivity contribution in [3.8, 4) is 0 Å². The van der Waals surface area contributed by atoms with E-state index in [1.165, 1.54) is 0 Å². The molecule has 1 aromatic rings. The average molecular weight is 321 g/mol. The first-order chi connectivity index (χ1) is 9.29. The van der Waals surface area contributed by atoms with E-state index >= 15 is 0 Å². The molecule has 20 heavy (non-hydrogen) atoms. The molecule has 0 radical (unpaired) electrons. The van der Waals surface area contributed by atoms with Gasteiger partial charge in [-0.05, 0) is 25.7 Å². The maximum absolute atomic E-state index is 12.1. The zero-order valence-corrected chi connectivity index (χ0v) is 12.1. The van der Waals surface area contributed by atoms with Crippen LogP contribution in [0.15, 0.2) is 10.3 Å². The van der Waals surface area contributed by atoms with Crippen LogP contribution in [-0.4, -0.2) is 30.6 Å². The Morgan fingerprint density at radius 2 is 2.00 bits per heavy atom. The van der Waals surface area contributed by atoms with Gasteiger partial charge in [0.1, 0.15) is 4.21 Å². The summed E-state index contributed by atoms with van der Waals surface area (Å²) >= 11 is 0.675. The zero-order valence-electron chi connectivity index (χ0n) is 10.5. The quantitative estimate of drug-likeness (QED) is 0.555. The van der Waals surface area contributed by atoms with E-state index in [0.717, 1.165) is 6.07 Å². The lowest BCUT2D eigenvalue weighted by Gasteiger charge is -2.25. The molecule has 0 saturated heterocycles. The van der Waals surface area contributed by atoms with Crippen molar-refractivity contribution in [1.29, 1.82) is 0 Å². The number of thiophene rings is 1. The zero-order chi connectivity index (χ0) is 14.9. The molecule has 0 spiro atoms. The number of anilines is 1. The fraction of sp³-hybridized carbons (Fsp3) is 0.600. The van der Waals surface area contributed by atoms with Crippen molar-refractivity contribution in [2.75, 3.05) is 5.73 Å². The minimum absolute atomic E-state index is 0.130. The number of sulfonamides is 1. The van der Waals surface area contributed by atoms with Crippen LogP contribution in [0.5, 0.6) is 0 Å². The van der Waals surface area contributed by atoms with Gasteiger partial charge in [-0.25, -0.2) is 13.1 Å². The number of rotatable bonds is 4. The molecule has 10 heteroatoms. The largest absolute Gasteiger partial charge is 0.393 e. The molecule has 1 aliphatic carbocycles. The van der Waals surface area contributed by atoms with Crippen LogP contribution in [0.25, 0.3) is 0 Å². The van der Waals surface area contributed by atoms with Gasteiger partial charge in [-0.1, -0.05) is 11.3 Å². The van der Waals surface area contributed by atoms with Gasteiger partial charge in [-0.3, -0.25) is 10.1 Å². The van der Waals surface area contributed by atoms with E-state index in [0.29, 0.717) is 37.0 Å². The van der Waals surface area contributed by atoms with Gasteiger partial charge in [0.15, 0.2) is 5.00 Å². The van der Waals surface area contributed by atoms with Crippen molar-refractivity contribution in [2.24, 2.45) is 0 Å². The van der Waals surface area contributed by atoms with Crippen LogP contribution >= 0.6 is 11.3 Å². The molecule has 1 saturated carbocycles. The van der Waals surface area contributed by atoms with Crippen molar-refractivity contribution < 1.29 is 18.4 Å². The normalized spacial score (nSPS) is 23.6. The van der Waals surface area contributed by atoms with Gasteiger partial charge in [0.2, 0.25) is 0 Å². The summed E-state index contributed by atoms with van der Waals surface area (Å²) in [6.07, 6.45) is 1.79. The van der Waals surface area contributed by atoms with E-state index in [1.807, 2.05) is 0 Å². The molecule has 112 valence electrons. The molecule has 1 aliphatic rings. The lowest BCUT2D eigenvalue weighted by atomic mass is 9.94. The maximum atomic E-state index is 12.1. The van der Waals surface area contributed by atoms with Crippen LogP contribution < -0.4 is 10.5 Å². The second-order valence-electron chi connectivity index (χ2n) is 4.70. The molecule has 8 nitrogen and oxygen atoms in total. The summed E-state index contributed by atoms with van der Waals surface area (Å²) in [5, 5.41) is 19.9. The van der Waals surface area contributed by atoms with Gasteiger partial charge in [0.05, 0.1) is 11.0 Å². The average Bonchev–Trinajstić information content (AvgIpc) is 2.75. The van der Waals surface area contributed by atoms with E-state index < -0.39 is 20.6 Å². The summed E-state index contributed by atoms with van der Waals surface area (Å²) in [6.45, 7) is 0. The lowest BCUT2D eigenvalue weighted by Crippen LogP contribution is -2.38. The molecule has 0 bridgehead atoms. The Morgan fingerprint density at radius 3 is 2.50 bits per heavy atom. The predicted octanol–water partition coefficient (Wildman–Crippen LogP) is 0.820. The molecule has 0 amide bonds. The van der Waals surface area contributed by atoms with E-state index in [2.05, 4.69) is 4.72 Å². The number of nitro groups is 1. The Hall–Kier alpha value is -1.23. The molecule has 2 rings (SSSR count). The van der Waals surface area contributed by atoms with Crippen LogP contribution in [0, 0.1) is 10.1 Å². The van der Waals surface area contributed by atoms with Gasteiger partial charge in [0.25, 0.3) is 10.0 Å². The molecule has 0 atom stereocenters. The molecule has 0 aliphatic heterocycles. The molecule has 1 fully saturated rings. The van der Waals surface area contributed by atoms with Gasteiger partial charge < -0.3 is 10.8 Å². The van der Waals surface area contributed by atoms with Gasteiger partial charge in [-0.2, -0.15) is 0 Å². The Bertz CT molecular complexity index is 604.